The van der Waals surface area contributed by atoms with Crippen LogP contribution in [0.3, 0.4) is 0 Å². The third-order valence-corrected chi connectivity index (χ3v) is 4.92. The lowest BCUT2D eigenvalue weighted by molar-refractivity contribution is 0.192. The van der Waals surface area contributed by atoms with E-state index in [1.165, 1.54) is 19.3 Å². The van der Waals surface area contributed by atoms with Gasteiger partial charge in [0.1, 0.15) is 5.82 Å². The second kappa shape index (κ2) is 7.96. The molecule has 0 aromatic rings. The van der Waals surface area contributed by atoms with Gasteiger partial charge >= 0.3 is 0 Å². The average molecular weight is 306 g/mol. The quantitative estimate of drug-likeness (QED) is 0.657. The fourth-order valence-corrected chi connectivity index (χ4v) is 3.05. The first-order valence-electron chi connectivity index (χ1n) is 8.41. The SMILES string of the molecule is C=C(C)/C=N\C(=C)N(C)CCN(C)C1CCC(C(C)(C)C)C1. The van der Waals surface area contributed by atoms with E-state index < -0.39 is 0 Å². The molecule has 2 unspecified atom stereocenters. The zero-order valence-electron chi connectivity index (χ0n) is 15.5. The maximum atomic E-state index is 4.33. The van der Waals surface area contributed by atoms with Crippen LogP contribution in [0.5, 0.6) is 0 Å². The maximum absolute atomic E-state index is 4.33. The molecule has 0 aliphatic heterocycles. The largest absolute Gasteiger partial charge is 0.359 e. The van der Waals surface area contributed by atoms with Crippen molar-refractivity contribution in [2.75, 3.05) is 27.2 Å². The molecule has 0 heterocycles. The Kier molecular flexibility index (Phi) is 6.86. The van der Waals surface area contributed by atoms with E-state index in [-0.39, 0.29) is 0 Å². The van der Waals surface area contributed by atoms with Gasteiger partial charge < -0.3 is 9.80 Å². The molecule has 1 rings (SSSR count). The summed E-state index contributed by atoms with van der Waals surface area (Å²) in [5.74, 6) is 1.66. The molecule has 2 atom stereocenters. The summed E-state index contributed by atoms with van der Waals surface area (Å²) in [6.07, 6.45) is 5.80. The van der Waals surface area contributed by atoms with Crippen LogP contribution in [0, 0.1) is 11.3 Å². The van der Waals surface area contributed by atoms with Crippen molar-refractivity contribution in [1.82, 2.24) is 9.80 Å². The van der Waals surface area contributed by atoms with Crippen molar-refractivity contribution in [3.05, 3.63) is 24.6 Å². The van der Waals surface area contributed by atoms with Crippen molar-refractivity contribution in [1.29, 1.82) is 0 Å². The van der Waals surface area contributed by atoms with E-state index >= 15 is 0 Å². The van der Waals surface area contributed by atoms with E-state index in [0.29, 0.717) is 5.41 Å². The second-order valence-corrected chi connectivity index (χ2v) is 7.95. The van der Waals surface area contributed by atoms with Crippen LogP contribution < -0.4 is 0 Å². The van der Waals surface area contributed by atoms with E-state index in [9.17, 15) is 0 Å². The Morgan fingerprint density at radius 1 is 1.18 bits per heavy atom. The number of hydrogen-bond donors (Lipinski definition) is 0. The minimum Gasteiger partial charge on any atom is -0.359 e. The van der Waals surface area contributed by atoms with Crippen molar-refractivity contribution >= 4 is 6.21 Å². The van der Waals surface area contributed by atoms with Gasteiger partial charge in [-0.05, 0) is 50.1 Å². The van der Waals surface area contributed by atoms with Gasteiger partial charge in [-0.25, -0.2) is 4.99 Å². The maximum Gasteiger partial charge on any atom is 0.120 e. The Morgan fingerprint density at radius 3 is 2.32 bits per heavy atom. The van der Waals surface area contributed by atoms with E-state index in [2.05, 4.69) is 62.8 Å². The fraction of sp³-hybridized carbons (Fsp3) is 0.737. The minimum absolute atomic E-state index is 0.442. The van der Waals surface area contributed by atoms with Crippen LogP contribution in [-0.4, -0.2) is 49.2 Å². The molecule has 0 spiro atoms. The van der Waals surface area contributed by atoms with Crippen molar-refractivity contribution in [2.24, 2.45) is 16.3 Å². The van der Waals surface area contributed by atoms with Crippen LogP contribution in [-0.2, 0) is 0 Å². The highest BCUT2D eigenvalue weighted by atomic mass is 15.2. The van der Waals surface area contributed by atoms with E-state index in [4.69, 9.17) is 0 Å². The van der Waals surface area contributed by atoms with E-state index in [1.807, 2.05) is 6.92 Å². The summed E-state index contributed by atoms with van der Waals surface area (Å²) in [6, 6.07) is 0.727. The fourth-order valence-electron chi connectivity index (χ4n) is 3.05. The number of hydrogen-bond acceptors (Lipinski definition) is 3. The molecule has 0 bridgehead atoms. The first kappa shape index (κ1) is 19.0. The van der Waals surface area contributed by atoms with Crippen LogP contribution in [0.25, 0.3) is 0 Å². The lowest BCUT2D eigenvalue weighted by Crippen LogP contribution is -2.36. The Labute approximate surface area is 137 Å². The number of nitrogens with zero attached hydrogens (tertiary/aromatic N) is 3. The van der Waals surface area contributed by atoms with Crippen molar-refractivity contribution in [3.8, 4) is 0 Å². The van der Waals surface area contributed by atoms with Gasteiger partial charge in [0, 0.05) is 32.4 Å². The summed E-state index contributed by atoms with van der Waals surface area (Å²) in [5, 5.41) is 0. The van der Waals surface area contributed by atoms with Gasteiger partial charge in [-0.15, -0.1) is 0 Å². The second-order valence-electron chi connectivity index (χ2n) is 7.95. The van der Waals surface area contributed by atoms with Crippen molar-refractivity contribution < 1.29 is 0 Å². The normalized spacial score (nSPS) is 22.5. The summed E-state index contributed by atoms with van der Waals surface area (Å²) in [5.41, 5.74) is 1.39. The highest BCUT2D eigenvalue weighted by Crippen LogP contribution is 2.40. The summed E-state index contributed by atoms with van der Waals surface area (Å²) < 4.78 is 0. The molecular weight excluding hydrogens is 270 g/mol. The lowest BCUT2D eigenvalue weighted by atomic mass is 9.80. The topological polar surface area (TPSA) is 18.8 Å². The molecule has 22 heavy (non-hydrogen) atoms. The lowest BCUT2D eigenvalue weighted by Gasteiger charge is -2.30. The monoisotopic (exact) mass is 305 g/mol. The Hall–Kier alpha value is -1.09. The summed E-state index contributed by atoms with van der Waals surface area (Å²) in [7, 11) is 4.31. The predicted octanol–water partition coefficient (Wildman–Crippen LogP) is 4.18. The van der Waals surface area contributed by atoms with E-state index in [1.54, 1.807) is 6.21 Å². The van der Waals surface area contributed by atoms with Gasteiger partial charge in [0.2, 0.25) is 0 Å². The predicted molar refractivity (Wildman–Crippen MR) is 98.3 cm³/mol. The van der Waals surface area contributed by atoms with Gasteiger partial charge in [-0.3, -0.25) is 0 Å². The molecule has 0 N–H and O–H groups in total. The van der Waals surface area contributed by atoms with Gasteiger partial charge in [0.25, 0.3) is 0 Å². The van der Waals surface area contributed by atoms with Crippen molar-refractivity contribution in [2.45, 2.75) is 53.0 Å². The number of aliphatic imine (C=N–C) groups is 1. The van der Waals surface area contributed by atoms with Gasteiger partial charge in [0.05, 0.1) is 0 Å². The Morgan fingerprint density at radius 2 is 1.82 bits per heavy atom. The molecule has 1 aliphatic rings. The molecule has 1 aliphatic carbocycles. The van der Waals surface area contributed by atoms with Gasteiger partial charge in [-0.1, -0.05) is 33.9 Å². The van der Waals surface area contributed by atoms with Crippen LogP contribution in [0.2, 0.25) is 0 Å². The Balaban J connectivity index is 2.39. The highest BCUT2D eigenvalue weighted by molar-refractivity contribution is 5.77. The zero-order chi connectivity index (χ0) is 16.9. The summed E-state index contributed by atoms with van der Waals surface area (Å²) in [4.78, 5) is 8.96. The minimum atomic E-state index is 0.442. The number of rotatable bonds is 7. The summed E-state index contributed by atoms with van der Waals surface area (Å²) >= 11 is 0. The first-order valence-corrected chi connectivity index (χ1v) is 8.41. The Bertz CT molecular complexity index is 417. The molecule has 1 fully saturated rings. The molecule has 0 aromatic carbocycles. The summed E-state index contributed by atoms with van der Waals surface area (Å²) in [6.45, 7) is 18.9. The molecule has 1 saturated carbocycles. The molecule has 0 saturated heterocycles. The molecule has 3 heteroatoms. The van der Waals surface area contributed by atoms with Crippen LogP contribution >= 0.6 is 0 Å². The van der Waals surface area contributed by atoms with Gasteiger partial charge in [-0.2, -0.15) is 0 Å². The molecule has 0 amide bonds. The van der Waals surface area contributed by atoms with Crippen LogP contribution in [0.4, 0.5) is 0 Å². The average Bonchev–Trinajstić information content (AvgIpc) is 2.91. The van der Waals surface area contributed by atoms with Crippen LogP contribution in [0.15, 0.2) is 29.5 Å². The smallest absolute Gasteiger partial charge is 0.120 e. The number of likely N-dealkylation sites (N-methyl/N-ethyl adjacent to an activating group) is 2. The zero-order valence-corrected chi connectivity index (χ0v) is 15.5. The third kappa shape index (κ3) is 5.96. The molecule has 0 aromatic heterocycles. The van der Waals surface area contributed by atoms with Crippen LogP contribution in [0.1, 0.15) is 47.0 Å². The molecule has 3 nitrogen and oxygen atoms in total. The molecule has 0 radical (unpaired) electrons. The standard InChI is InChI=1S/C19H35N3/c1-15(2)14-20-16(3)21(7)11-12-22(8)18-10-9-17(13-18)19(4,5)6/h14,17-18H,1,3,9-13H2,2,4-8H3/b20-14-. The molecular formula is C19H35N3. The molecule has 126 valence electrons. The third-order valence-electron chi connectivity index (χ3n) is 4.92. The van der Waals surface area contributed by atoms with Gasteiger partial charge in [0.15, 0.2) is 0 Å². The number of allylic oxidation sites excluding steroid dienone is 1. The highest BCUT2D eigenvalue weighted by Gasteiger charge is 2.34. The first-order chi connectivity index (χ1) is 10.1. The van der Waals surface area contributed by atoms with Crippen molar-refractivity contribution in [3.63, 3.8) is 0 Å². The van der Waals surface area contributed by atoms with E-state index in [0.717, 1.165) is 36.4 Å².